The Hall–Kier alpha value is -1.75. The van der Waals surface area contributed by atoms with Gasteiger partial charge >= 0.3 is 0 Å². The van der Waals surface area contributed by atoms with Gasteiger partial charge in [-0.2, -0.15) is 0 Å². The minimum absolute atomic E-state index is 0.197. The summed E-state index contributed by atoms with van der Waals surface area (Å²) in [5.74, 6) is -0.195. The van der Waals surface area contributed by atoms with Crippen LogP contribution in [0.25, 0.3) is 0 Å². The van der Waals surface area contributed by atoms with Crippen LogP contribution in [0.15, 0.2) is 12.1 Å². The molecule has 0 saturated carbocycles. The average molecular weight is 327 g/mol. The van der Waals surface area contributed by atoms with Crippen LogP contribution in [0.4, 0.5) is 0 Å². The molecule has 0 aliphatic carbocycles. The lowest BCUT2D eigenvalue weighted by atomic mass is 10.0. The fraction of sp³-hybridized carbons (Fsp3) is 0.500. The maximum atomic E-state index is 11.9. The van der Waals surface area contributed by atoms with Crippen molar-refractivity contribution in [2.75, 3.05) is 6.61 Å². The molecule has 0 atom stereocenters. The number of amides is 2. The Morgan fingerprint density at radius 2 is 1.95 bits per heavy atom. The Labute approximate surface area is 136 Å². The van der Waals surface area contributed by atoms with Crippen molar-refractivity contribution in [2.24, 2.45) is 5.73 Å². The Morgan fingerprint density at radius 1 is 1.36 bits per heavy atom. The van der Waals surface area contributed by atoms with Crippen LogP contribution in [-0.4, -0.2) is 24.0 Å². The Balaban J connectivity index is 2.82. The number of benzene rings is 1. The molecule has 0 aliphatic heterocycles. The molecule has 0 fully saturated rings. The van der Waals surface area contributed by atoms with E-state index in [-0.39, 0.29) is 12.5 Å². The molecule has 5 nitrogen and oxygen atoms in total. The summed E-state index contributed by atoms with van der Waals surface area (Å²) in [6.07, 6.45) is 0. The molecule has 0 aromatic heterocycles. The van der Waals surface area contributed by atoms with E-state index in [1.807, 2.05) is 32.9 Å². The van der Waals surface area contributed by atoms with Crippen molar-refractivity contribution in [1.29, 1.82) is 0 Å². The van der Waals surface area contributed by atoms with E-state index in [0.29, 0.717) is 10.8 Å². The molecule has 3 N–H and O–H groups in total. The lowest BCUT2D eigenvalue weighted by molar-refractivity contribution is -0.131. The molecule has 2 amide bonds. The summed E-state index contributed by atoms with van der Waals surface area (Å²) in [5, 5.41) is 3.20. The molecule has 122 valence electrons. The number of hydrogen-bond donors (Lipinski definition) is 2. The van der Waals surface area contributed by atoms with Crippen LogP contribution in [-0.2, 0) is 9.59 Å². The van der Waals surface area contributed by atoms with Crippen LogP contribution in [0.1, 0.15) is 44.7 Å². The number of carbonyl (C=O) groups excluding carboxylic acids is 2. The number of rotatable bonds is 6. The van der Waals surface area contributed by atoms with Crippen molar-refractivity contribution in [3.63, 3.8) is 0 Å². The summed E-state index contributed by atoms with van der Waals surface area (Å²) in [6, 6.07) is 3.66. The number of primary amides is 1. The van der Waals surface area contributed by atoms with Gasteiger partial charge in [0.25, 0.3) is 5.91 Å². The summed E-state index contributed by atoms with van der Waals surface area (Å²) in [4.78, 5) is 23.1. The van der Waals surface area contributed by atoms with Gasteiger partial charge in [0.15, 0.2) is 6.61 Å². The molecule has 0 radical (unpaired) electrons. The monoisotopic (exact) mass is 326 g/mol. The van der Waals surface area contributed by atoms with E-state index < -0.39 is 17.4 Å². The van der Waals surface area contributed by atoms with E-state index >= 15 is 0 Å². The van der Waals surface area contributed by atoms with Gasteiger partial charge < -0.3 is 15.8 Å². The van der Waals surface area contributed by atoms with Crippen LogP contribution >= 0.6 is 11.6 Å². The quantitative estimate of drug-likeness (QED) is 0.842. The lowest BCUT2D eigenvalue weighted by Crippen LogP contribution is -2.54. The van der Waals surface area contributed by atoms with Crippen LogP contribution < -0.4 is 15.8 Å². The van der Waals surface area contributed by atoms with Crippen LogP contribution in [0.3, 0.4) is 0 Å². The summed E-state index contributed by atoms with van der Waals surface area (Å²) < 4.78 is 5.60. The molecule has 6 heteroatoms. The van der Waals surface area contributed by atoms with Gasteiger partial charge in [0.2, 0.25) is 5.91 Å². The summed E-state index contributed by atoms with van der Waals surface area (Å²) in [7, 11) is 0. The number of carbonyl (C=O) groups is 2. The van der Waals surface area contributed by atoms with E-state index in [2.05, 4.69) is 5.32 Å². The Kier molecular flexibility index (Phi) is 5.83. The highest BCUT2D eigenvalue weighted by atomic mass is 35.5. The number of hydrogen-bond acceptors (Lipinski definition) is 3. The molecule has 0 unspecified atom stereocenters. The van der Waals surface area contributed by atoms with Gasteiger partial charge in [0.05, 0.1) is 0 Å². The van der Waals surface area contributed by atoms with Gasteiger partial charge in [-0.25, -0.2) is 0 Å². The number of nitrogens with one attached hydrogen (secondary N) is 1. The highest BCUT2D eigenvalue weighted by molar-refractivity contribution is 6.31. The zero-order chi connectivity index (χ0) is 17.1. The molecule has 0 aliphatic rings. The smallest absolute Gasteiger partial charge is 0.258 e. The summed E-state index contributed by atoms with van der Waals surface area (Å²) in [6.45, 7) is 8.79. The molecule has 0 saturated heterocycles. The van der Waals surface area contributed by atoms with Crippen LogP contribution in [0.5, 0.6) is 5.75 Å². The number of nitrogens with two attached hydrogens (primary N) is 1. The second-order valence-corrected chi connectivity index (χ2v) is 6.53. The average Bonchev–Trinajstić information content (AvgIpc) is 2.38. The molecule has 1 rings (SSSR count). The summed E-state index contributed by atoms with van der Waals surface area (Å²) >= 11 is 6.13. The first-order chi connectivity index (χ1) is 10.0. The predicted molar refractivity (Wildman–Crippen MR) is 87.2 cm³/mol. The maximum absolute atomic E-state index is 11.9. The van der Waals surface area contributed by atoms with Crippen molar-refractivity contribution < 1.29 is 14.3 Å². The van der Waals surface area contributed by atoms with E-state index in [1.54, 1.807) is 13.8 Å². The summed E-state index contributed by atoms with van der Waals surface area (Å²) in [5.41, 5.74) is 5.91. The normalized spacial score (nSPS) is 11.4. The zero-order valence-corrected chi connectivity index (χ0v) is 14.4. The number of aryl methyl sites for hydroxylation is 1. The third kappa shape index (κ3) is 4.63. The molecular weight excluding hydrogens is 304 g/mol. The van der Waals surface area contributed by atoms with Gasteiger partial charge in [-0.1, -0.05) is 25.4 Å². The Morgan fingerprint density at radius 3 is 2.45 bits per heavy atom. The highest BCUT2D eigenvalue weighted by Crippen LogP contribution is 2.31. The van der Waals surface area contributed by atoms with Gasteiger partial charge in [0.1, 0.15) is 11.3 Å². The first-order valence-electron chi connectivity index (χ1n) is 7.08. The lowest BCUT2D eigenvalue weighted by Gasteiger charge is -2.22. The fourth-order valence-corrected chi connectivity index (χ4v) is 2.01. The first kappa shape index (κ1) is 18.3. The minimum atomic E-state index is -1.11. The first-order valence-corrected chi connectivity index (χ1v) is 7.46. The SMILES string of the molecule is Cc1cc(OCC(=O)NC(C)(C)C(N)=O)c(C(C)C)cc1Cl. The number of ether oxygens (including phenoxy) is 1. The molecule has 0 heterocycles. The van der Waals surface area contributed by atoms with Gasteiger partial charge in [-0.15, -0.1) is 0 Å². The van der Waals surface area contributed by atoms with Crippen LogP contribution in [0.2, 0.25) is 5.02 Å². The van der Waals surface area contributed by atoms with E-state index in [9.17, 15) is 9.59 Å². The molecule has 0 spiro atoms. The van der Waals surface area contributed by atoms with Crippen LogP contribution in [0, 0.1) is 6.92 Å². The van der Waals surface area contributed by atoms with E-state index in [4.69, 9.17) is 22.1 Å². The zero-order valence-electron chi connectivity index (χ0n) is 13.6. The molecule has 0 bridgehead atoms. The van der Waals surface area contributed by atoms with E-state index in [1.165, 1.54) is 0 Å². The van der Waals surface area contributed by atoms with Gasteiger partial charge in [-0.05, 0) is 49.9 Å². The second kappa shape index (κ2) is 7.01. The molecule has 1 aromatic rings. The van der Waals surface area contributed by atoms with Crippen molar-refractivity contribution in [3.8, 4) is 5.75 Å². The minimum Gasteiger partial charge on any atom is -0.483 e. The molecule has 22 heavy (non-hydrogen) atoms. The molecular formula is C16H23ClN2O3. The highest BCUT2D eigenvalue weighted by Gasteiger charge is 2.27. The Bertz CT molecular complexity index is 583. The van der Waals surface area contributed by atoms with E-state index in [0.717, 1.165) is 11.1 Å². The predicted octanol–water partition coefficient (Wildman–Crippen LogP) is 2.53. The van der Waals surface area contributed by atoms with Crippen molar-refractivity contribution >= 4 is 23.4 Å². The largest absolute Gasteiger partial charge is 0.483 e. The number of halogens is 1. The third-order valence-corrected chi connectivity index (χ3v) is 3.75. The standard InChI is InChI=1S/C16H23ClN2O3/c1-9(2)11-7-12(17)10(3)6-13(11)22-8-14(20)19-16(4,5)15(18)21/h6-7,9H,8H2,1-5H3,(H2,18,21)(H,19,20). The maximum Gasteiger partial charge on any atom is 0.258 e. The van der Waals surface area contributed by atoms with Crippen molar-refractivity contribution in [1.82, 2.24) is 5.32 Å². The molecule has 1 aromatic carbocycles. The van der Waals surface area contributed by atoms with Crippen molar-refractivity contribution in [2.45, 2.75) is 46.1 Å². The topological polar surface area (TPSA) is 81.4 Å². The van der Waals surface area contributed by atoms with Gasteiger partial charge in [0, 0.05) is 5.02 Å². The van der Waals surface area contributed by atoms with Gasteiger partial charge in [-0.3, -0.25) is 9.59 Å². The third-order valence-electron chi connectivity index (χ3n) is 3.34. The van der Waals surface area contributed by atoms with Crippen molar-refractivity contribution in [3.05, 3.63) is 28.3 Å². The second-order valence-electron chi connectivity index (χ2n) is 6.12. The fourth-order valence-electron chi connectivity index (χ4n) is 1.84.